The number of para-hydroxylation sites is 1. The third-order valence-corrected chi connectivity index (χ3v) is 3.38. The Balaban J connectivity index is 1.80. The summed E-state index contributed by atoms with van der Waals surface area (Å²) < 4.78 is 5.70. The predicted octanol–water partition coefficient (Wildman–Crippen LogP) is 2.37. The maximum atomic E-state index is 10.4. The van der Waals surface area contributed by atoms with Crippen LogP contribution in [0.25, 0.3) is 0 Å². The van der Waals surface area contributed by atoms with Gasteiger partial charge in [-0.15, -0.1) is 0 Å². The largest absolute Gasteiger partial charge is 0.493 e. The number of hydrogen-bond acceptors (Lipinski definition) is 3. The SMILES string of the molecule is OC(c1cccnc1)C1COc2ccccc2C1. The van der Waals surface area contributed by atoms with E-state index in [4.69, 9.17) is 4.74 Å². The van der Waals surface area contributed by atoms with Crippen molar-refractivity contribution >= 4 is 0 Å². The normalized spacial score (nSPS) is 19.7. The molecular weight excluding hydrogens is 226 g/mol. The fourth-order valence-electron chi connectivity index (χ4n) is 2.38. The zero-order chi connectivity index (χ0) is 12.4. The van der Waals surface area contributed by atoms with Gasteiger partial charge in [0.25, 0.3) is 0 Å². The van der Waals surface area contributed by atoms with Crippen LogP contribution in [0.2, 0.25) is 0 Å². The molecule has 0 bridgehead atoms. The second-order valence-corrected chi connectivity index (χ2v) is 4.61. The van der Waals surface area contributed by atoms with Crippen molar-refractivity contribution in [2.45, 2.75) is 12.5 Å². The number of ether oxygens (including phenoxy) is 1. The monoisotopic (exact) mass is 241 g/mol. The van der Waals surface area contributed by atoms with E-state index in [1.807, 2.05) is 30.3 Å². The van der Waals surface area contributed by atoms with Crippen LogP contribution in [-0.2, 0) is 6.42 Å². The molecule has 1 aromatic heterocycles. The number of nitrogens with zero attached hydrogens (tertiary/aromatic N) is 1. The van der Waals surface area contributed by atoms with Gasteiger partial charge in [-0.3, -0.25) is 4.98 Å². The first-order valence-corrected chi connectivity index (χ1v) is 6.13. The summed E-state index contributed by atoms with van der Waals surface area (Å²) in [7, 11) is 0. The van der Waals surface area contributed by atoms with E-state index in [-0.39, 0.29) is 5.92 Å². The third kappa shape index (κ3) is 2.09. The maximum Gasteiger partial charge on any atom is 0.122 e. The Kier molecular flexibility index (Phi) is 2.99. The van der Waals surface area contributed by atoms with Crippen molar-refractivity contribution in [2.75, 3.05) is 6.61 Å². The standard InChI is InChI=1S/C15H15NO2/c17-15(12-5-3-7-16-9-12)13-8-11-4-1-2-6-14(11)18-10-13/h1-7,9,13,15,17H,8,10H2. The van der Waals surface area contributed by atoms with Crippen molar-refractivity contribution in [3.05, 3.63) is 59.9 Å². The summed E-state index contributed by atoms with van der Waals surface area (Å²) >= 11 is 0. The van der Waals surface area contributed by atoms with E-state index < -0.39 is 6.10 Å². The van der Waals surface area contributed by atoms with Crippen LogP contribution in [0.3, 0.4) is 0 Å². The van der Waals surface area contributed by atoms with Crippen molar-refractivity contribution in [3.8, 4) is 5.75 Å². The highest BCUT2D eigenvalue weighted by molar-refractivity contribution is 5.35. The summed E-state index contributed by atoms with van der Waals surface area (Å²) in [5, 5.41) is 10.4. The highest BCUT2D eigenvalue weighted by Gasteiger charge is 2.27. The van der Waals surface area contributed by atoms with Crippen molar-refractivity contribution < 1.29 is 9.84 Å². The minimum atomic E-state index is -0.521. The van der Waals surface area contributed by atoms with Gasteiger partial charge in [0.05, 0.1) is 12.7 Å². The van der Waals surface area contributed by atoms with Gasteiger partial charge < -0.3 is 9.84 Å². The topological polar surface area (TPSA) is 42.4 Å². The summed E-state index contributed by atoms with van der Waals surface area (Å²) in [4.78, 5) is 4.04. The molecule has 0 amide bonds. The van der Waals surface area contributed by atoms with Crippen molar-refractivity contribution in [3.63, 3.8) is 0 Å². The molecule has 3 nitrogen and oxygen atoms in total. The van der Waals surface area contributed by atoms with Crippen LogP contribution < -0.4 is 4.74 Å². The summed E-state index contributed by atoms with van der Waals surface area (Å²) in [6.45, 7) is 0.549. The maximum absolute atomic E-state index is 10.4. The molecular formula is C15H15NO2. The average Bonchev–Trinajstić information content (AvgIpc) is 2.47. The Bertz CT molecular complexity index is 527. The Morgan fingerprint density at radius 3 is 2.94 bits per heavy atom. The van der Waals surface area contributed by atoms with Gasteiger partial charge in [-0.05, 0) is 29.7 Å². The molecule has 0 saturated heterocycles. The van der Waals surface area contributed by atoms with E-state index in [9.17, 15) is 5.11 Å². The van der Waals surface area contributed by atoms with Gasteiger partial charge in [-0.25, -0.2) is 0 Å². The van der Waals surface area contributed by atoms with E-state index in [1.165, 1.54) is 0 Å². The molecule has 0 spiro atoms. The smallest absolute Gasteiger partial charge is 0.122 e. The van der Waals surface area contributed by atoms with E-state index in [1.54, 1.807) is 12.4 Å². The van der Waals surface area contributed by atoms with E-state index in [0.29, 0.717) is 6.61 Å². The lowest BCUT2D eigenvalue weighted by atomic mass is 9.89. The number of rotatable bonds is 2. The Labute approximate surface area is 106 Å². The lowest BCUT2D eigenvalue weighted by Crippen LogP contribution is -2.26. The zero-order valence-corrected chi connectivity index (χ0v) is 9.99. The highest BCUT2D eigenvalue weighted by atomic mass is 16.5. The Morgan fingerprint density at radius 1 is 1.22 bits per heavy atom. The predicted molar refractivity (Wildman–Crippen MR) is 68.3 cm³/mol. The number of aliphatic hydroxyl groups is 1. The van der Waals surface area contributed by atoms with Gasteiger partial charge in [0.2, 0.25) is 0 Å². The molecule has 2 aromatic rings. The van der Waals surface area contributed by atoms with Crippen LogP contribution in [0.4, 0.5) is 0 Å². The summed E-state index contributed by atoms with van der Waals surface area (Å²) in [5.41, 5.74) is 2.02. The molecule has 1 N–H and O–H groups in total. The van der Waals surface area contributed by atoms with Gasteiger partial charge in [0.1, 0.15) is 5.75 Å². The van der Waals surface area contributed by atoms with E-state index >= 15 is 0 Å². The van der Waals surface area contributed by atoms with Gasteiger partial charge in [-0.1, -0.05) is 24.3 Å². The van der Waals surface area contributed by atoms with Crippen LogP contribution in [0.15, 0.2) is 48.8 Å². The number of fused-ring (bicyclic) bond motifs is 1. The fourth-order valence-corrected chi connectivity index (χ4v) is 2.38. The molecule has 2 unspecified atom stereocenters. The van der Waals surface area contributed by atoms with Crippen LogP contribution in [-0.4, -0.2) is 16.7 Å². The molecule has 0 radical (unpaired) electrons. The lowest BCUT2D eigenvalue weighted by Gasteiger charge is -2.28. The zero-order valence-electron chi connectivity index (χ0n) is 9.99. The van der Waals surface area contributed by atoms with Gasteiger partial charge >= 0.3 is 0 Å². The summed E-state index contributed by atoms with van der Waals surface area (Å²) in [5.74, 6) is 1.02. The van der Waals surface area contributed by atoms with Crippen LogP contribution in [0, 0.1) is 5.92 Å². The van der Waals surface area contributed by atoms with Crippen LogP contribution >= 0.6 is 0 Å². The fraction of sp³-hybridized carbons (Fsp3) is 0.267. The quantitative estimate of drug-likeness (QED) is 0.877. The molecule has 1 aliphatic rings. The molecule has 0 aliphatic carbocycles. The molecule has 0 fully saturated rings. The number of benzene rings is 1. The van der Waals surface area contributed by atoms with Crippen molar-refractivity contribution in [1.29, 1.82) is 0 Å². The Hall–Kier alpha value is -1.87. The highest BCUT2D eigenvalue weighted by Crippen LogP contribution is 2.33. The second-order valence-electron chi connectivity index (χ2n) is 4.61. The molecule has 92 valence electrons. The van der Waals surface area contributed by atoms with E-state index in [2.05, 4.69) is 11.1 Å². The molecule has 2 atom stereocenters. The third-order valence-electron chi connectivity index (χ3n) is 3.38. The molecule has 2 heterocycles. The molecule has 18 heavy (non-hydrogen) atoms. The molecule has 0 saturated carbocycles. The summed E-state index contributed by atoms with van der Waals surface area (Å²) in [6.07, 6.45) is 3.74. The Morgan fingerprint density at radius 2 is 2.11 bits per heavy atom. The van der Waals surface area contributed by atoms with Crippen molar-refractivity contribution in [1.82, 2.24) is 4.98 Å². The number of aromatic nitrogens is 1. The van der Waals surface area contributed by atoms with Gasteiger partial charge in [0, 0.05) is 18.3 Å². The van der Waals surface area contributed by atoms with Gasteiger partial charge in [-0.2, -0.15) is 0 Å². The number of aliphatic hydroxyl groups excluding tert-OH is 1. The van der Waals surface area contributed by atoms with Gasteiger partial charge in [0.15, 0.2) is 0 Å². The molecule has 3 heteroatoms. The molecule has 1 aromatic carbocycles. The molecule has 1 aliphatic heterocycles. The van der Waals surface area contributed by atoms with E-state index in [0.717, 1.165) is 23.3 Å². The van der Waals surface area contributed by atoms with Crippen LogP contribution in [0.1, 0.15) is 17.2 Å². The number of pyridine rings is 1. The average molecular weight is 241 g/mol. The van der Waals surface area contributed by atoms with Crippen molar-refractivity contribution in [2.24, 2.45) is 5.92 Å². The first kappa shape index (κ1) is 11.2. The second kappa shape index (κ2) is 4.78. The minimum absolute atomic E-state index is 0.0871. The first-order chi connectivity index (χ1) is 8.84. The lowest BCUT2D eigenvalue weighted by molar-refractivity contribution is 0.0642. The molecule has 3 rings (SSSR count). The first-order valence-electron chi connectivity index (χ1n) is 6.13. The van der Waals surface area contributed by atoms with Crippen LogP contribution in [0.5, 0.6) is 5.75 Å². The minimum Gasteiger partial charge on any atom is -0.493 e. The summed E-state index contributed by atoms with van der Waals surface area (Å²) in [6, 6.07) is 11.7. The number of hydrogen-bond donors (Lipinski definition) is 1.